The van der Waals surface area contributed by atoms with Crippen LogP contribution in [-0.4, -0.2) is 16.8 Å². The van der Waals surface area contributed by atoms with Crippen LogP contribution in [0.15, 0.2) is 48.5 Å². The lowest BCUT2D eigenvalue weighted by molar-refractivity contribution is 0.205. The molecule has 0 fully saturated rings. The number of hydrogen-bond donors (Lipinski definition) is 0. The monoisotopic (exact) mass is 482 g/mol. The molecule has 0 spiro atoms. The molecule has 26 heavy (non-hydrogen) atoms. The summed E-state index contributed by atoms with van der Waals surface area (Å²) in [6.07, 6.45) is 0. The largest absolute Gasteiger partial charge is 0.470 e. The zero-order valence-electron chi connectivity index (χ0n) is 14.7. The van der Waals surface area contributed by atoms with E-state index in [2.05, 4.69) is 32.8 Å². The van der Waals surface area contributed by atoms with E-state index in [1.165, 1.54) is 16.9 Å². The van der Waals surface area contributed by atoms with Gasteiger partial charge in [0.15, 0.2) is 5.01 Å². The number of nitrogens with zero attached hydrogens (tertiary/aromatic N) is 2. The van der Waals surface area contributed by atoms with E-state index in [4.69, 9.17) is 14.2 Å². The van der Waals surface area contributed by atoms with Crippen molar-refractivity contribution in [3.8, 4) is 22.4 Å². The number of hydrogen-bond acceptors (Lipinski definition) is 6. The van der Waals surface area contributed by atoms with E-state index in [-0.39, 0.29) is 0 Å². The fourth-order valence-electron chi connectivity index (χ4n) is 2.16. The minimum absolute atomic E-state index is 0.552. The fourth-order valence-corrected chi connectivity index (χ4v) is 3.58. The lowest BCUT2D eigenvalue weighted by Crippen LogP contribution is -2.21. The van der Waals surface area contributed by atoms with Crippen LogP contribution < -0.4 is 14.2 Å². The molecule has 7 heteroatoms. The highest BCUT2D eigenvalue weighted by atomic mass is 127. The Morgan fingerprint density at radius 2 is 1.54 bits per heavy atom. The van der Waals surface area contributed by atoms with Crippen molar-refractivity contribution >= 4 is 33.9 Å². The normalized spacial score (nSPS) is 13.1. The number of alkyl halides is 1. The van der Waals surface area contributed by atoms with E-state index in [0.29, 0.717) is 11.8 Å². The Bertz CT molecular complexity index is 848. The molecule has 1 heterocycles. The van der Waals surface area contributed by atoms with Gasteiger partial charge in [-0.15, -0.1) is 5.10 Å². The molecule has 2 aromatic carbocycles. The van der Waals surface area contributed by atoms with E-state index < -0.39 is 3.61 Å². The predicted octanol–water partition coefficient (Wildman–Crippen LogP) is 5.72. The molecular weight excluding hydrogens is 463 g/mol. The number of aryl methyl sites for hydroxylation is 1. The minimum atomic E-state index is -0.635. The van der Waals surface area contributed by atoms with Crippen LogP contribution in [0.3, 0.4) is 0 Å². The predicted molar refractivity (Wildman–Crippen MR) is 111 cm³/mol. The van der Waals surface area contributed by atoms with Gasteiger partial charge in [0.25, 0.3) is 5.19 Å². The van der Waals surface area contributed by atoms with E-state index in [9.17, 15) is 0 Å². The molecule has 3 aromatic rings. The van der Waals surface area contributed by atoms with Gasteiger partial charge in [0, 0.05) is 0 Å². The molecule has 0 saturated carbocycles. The Labute approximate surface area is 170 Å². The van der Waals surface area contributed by atoms with Gasteiger partial charge in [-0.05, 0) is 79.8 Å². The quantitative estimate of drug-likeness (QED) is 0.318. The maximum atomic E-state index is 6.08. The van der Waals surface area contributed by atoms with Gasteiger partial charge < -0.3 is 14.2 Å². The number of aromatic nitrogens is 2. The van der Waals surface area contributed by atoms with Crippen molar-refractivity contribution < 1.29 is 14.2 Å². The molecule has 5 nitrogen and oxygen atoms in total. The molecule has 3 rings (SSSR count). The Morgan fingerprint density at radius 1 is 0.962 bits per heavy atom. The van der Waals surface area contributed by atoms with Crippen molar-refractivity contribution in [1.29, 1.82) is 0 Å². The molecule has 0 aliphatic heterocycles. The van der Waals surface area contributed by atoms with Gasteiger partial charge in [-0.2, -0.15) is 0 Å². The molecule has 1 aromatic heterocycles. The Morgan fingerprint density at radius 3 is 2.15 bits per heavy atom. The minimum Gasteiger partial charge on any atom is -0.470 e. The van der Waals surface area contributed by atoms with E-state index >= 15 is 0 Å². The molecule has 0 N–H and O–H groups in total. The van der Waals surface area contributed by atoms with Gasteiger partial charge in [-0.3, -0.25) is 0 Å². The molecule has 1 atom stereocenters. The summed E-state index contributed by atoms with van der Waals surface area (Å²) in [4.78, 5) is 0. The lowest BCUT2D eigenvalue weighted by Gasteiger charge is -2.21. The maximum absolute atomic E-state index is 6.08. The van der Waals surface area contributed by atoms with Gasteiger partial charge in [0.2, 0.25) is 3.61 Å². The van der Waals surface area contributed by atoms with Crippen molar-refractivity contribution in [2.24, 2.45) is 0 Å². The number of benzene rings is 2. The second kappa shape index (κ2) is 8.22. The maximum Gasteiger partial charge on any atom is 0.294 e. The second-order valence-electron chi connectivity index (χ2n) is 5.71. The van der Waals surface area contributed by atoms with Crippen LogP contribution in [0, 0.1) is 6.92 Å². The molecule has 0 bridgehead atoms. The summed E-state index contributed by atoms with van der Waals surface area (Å²) < 4.78 is 16.7. The van der Waals surface area contributed by atoms with E-state index in [1.54, 1.807) is 0 Å². The highest BCUT2D eigenvalue weighted by Gasteiger charge is 2.30. The zero-order valence-corrected chi connectivity index (χ0v) is 17.7. The number of ether oxygens (including phenoxy) is 3. The molecule has 0 aliphatic rings. The molecule has 1 unspecified atom stereocenters. The summed E-state index contributed by atoms with van der Waals surface area (Å²) >= 11 is 3.60. The number of rotatable bonds is 7. The first-order chi connectivity index (χ1) is 12.5. The van der Waals surface area contributed by atoms with Gasteiger partial charge in [-0.25, -0.2) is 0 Å². The Hall–Kier alpha value is -1.87. The second-order valence-corrected chi connectivity index (χ2v) is 8.71. The summed E-state index contributed by atoms with van der Waals surface area (Å²) in [7, 11) is 0. The molecule has 0 saturated heterocycles. The molecule has 0 aliphatic carbocycles. The van der Waals surface area contributed by atoms with Crippen LogP contribution in [0.25, 0.3) is 0 Å². The topological polar surface area (TPSA) is 53.5 Å². The van der Waals surface area contributed by atoms with Gasteiger partial charge >= 0.3 is 0 Å². The summed E-state index contributed by atoms with van der Waals surface area (Å²) in [5.74, 6) is 2.29. The van der Waals surface area contributed by atoms with E-state index in [1.807, 2.05) is 69.3 Å². The van der Waals surface area contributed by atoms with Crippen LogP contribution >= 0.6 is 33.9 Å². The van der Waals surface area contributed by atoms with Crippen molar-refractivity contribution in [3.05, 3.63) is 59.1 Å². The van der Waals surface area contributed by atoms with Crippen molar-refractivity contribution in [2.45, 2.75) is 24.4 Å². The van der Waals surface area contributed by atoms with Crippen molar-refractivity contribution in [3.63, 3.8) is 0 Å². The summed E-state index contributed by atoms with van der Waals surface area (Å²) in [5.41, 5.74) is 1.20. The SMILES string of the molecule is CCOc1nnc(C(C)(I)Oc2ccc(Oc3ccc(C)cc3)cc2)s1. The van der Waals surface area contributed by atoms with Gasteiger partial charge in [0.1, 0.15) is 17.2 Å². The summed E-state index contributed by atoms with van der Waals surface area (Å²) in [6.45, 7) is 6.48. The van der Waals surface area contributed by atoms with E-state index in [0.717, 1.165) is 22.3 Å². The van der Waals surface area contributed by atoms with Gasteiger partial charge in [0.05, 0.1) is 6.61 Å². The lowest BCUT2D eigenvalue weighted by atomic mass is 10.2. The highest BCUT2D eigenvalue weighted by Crippen LogP contribution is 2.38. The molecular formula is C19H19IN2O3S. The third kappa shape index (κ3) is 4.85. The average molecular weight is 482 g/mol. The first-order valence-corrected chi connectivity index (χ1v) is 10.0. The first kappa shape index (κ1) is 18.9. The smallest absolute Gasteiger partial charge is 0.294 e. The van der Waals surface area contributed by atoms with Crippen LogP contribution in [0.5, 0.6) is 22.4 Å². The standard InChI is InChI=1S/C19H19IN2O3S/c1-4-23-18-22-21-17(26-18)19(3,20)25-16-11-9-15(10-12-16)24-14-7-5-13(2)6-8-14/h5-12H,4H2,1-3H3. The average Bonchev–Trinajstić information content (AvgIpc) is 3.09. The van der Waals surface area contributed by atoms with Gasteiger partial charge in [-0.1, -0.05) is 34.1 Å². The highest BCUT2D eigenvalue weighted by molar-refractivity contribution is 14.1. The Kier molecular flexibility index (Phi) is 5.98. The number of halogens is 1. The summed E-state index contributed by atoms with van der Waals surface area (Å²) in [6, 6.07) is 15.5. The Balaban J connectivity index is 1.66. The van der Waals surface area contributed by atoms with Crippen LogP contribution in [-0.2, 0) is 3.61 Å². The van der Waals surface area contributed by atoms with Crippen LogP contribution in [0.1, 0.15) is 24.4 Å². The third-order valence-corrected chi connectivity index (χ3v) is 5.58. The fraction of sp³-hybridized carbons (Fsp3) is 0.263. The van der Waals surface area contributed by atoms with Crippen molar-refractivity contribution in [2.75, 3.05) is 6.61 Å². The molecule has 136 valence electrons. The third-order valence-electron chi connectivity index (χ3n) is 3.45. The van der Waals surface area contributed by atoms with Crippen molar-refractivity contribution in [1.82, 2.24) is 10.2 Å². The van der Waals surface area contributed by atoms with Crippen LogP contribution in [0.2, 0.25) is 0 Å². The summed E-state index contributed by atoms with van der Waals surface area (Å²) in [5, 5.41) is 9.49. The first-order valence-electron chi connectivity index (χ1n) is 8.15. The molecule has 0 radical (unpaired) electrons. The molecule has 0 amide bonds. The van der Waals surface area contributed by atoms with Crippen LogP contribution in [0.4, 0.5) is 0 Å². The zero-order chi connectivity index (χ0) is 18.6.